The molecule has 3 N–H and O–H groups in total. The third-order valence-electron chi connectivity index (χ3n) is 8.21. The summed E-state index contributed by atoms with van der Waals surface area (Å²) in [5.41, 5.74) is -1.90. The Kier molecular flexibility index (Phi) is 16.5. The number of anilines is 1. The second-order valence-electron chi connectivity index (χ2n) is 16.7. The fourth-order valence-corrected chi connectivity index (χ4v) is 7.87. The van der Waals surface area contributed by atoms with Crippen molar-refractivity contribution in [3.8, 4) is 5.75 Å². The van der Waals surface area contributed by atoms with Gasteiger partial charge in [-0.1, -0.05) is 62.2 Å². The van der Waals surface area contributed by atoms with Crippen LogP contribution >= 0.6 is 31.0 Å². The number of methoxy groups -OCH3 is 1. The van der Waals surface area contributed by atoms with Crippen LogP contribution in [0.2, 0.25) is 10.0 Å². The lowest BCUT2D eigenvalue weighted by molar-refractivity contribution is -0.118. The largest absolute Gasteiger partial charge is 0.495 e. The molecule has 0 radical (unpaired) electrons. The van der Waals surface area contributed by atoms with E-state index in [1.807, 2.05) is 20.8 Å². The molecule has 0 saturated carbocycles. The summed E-state index contributed by atoms with van der Waals surface area (Å²) in [4.78, 5) is 27.7. The van der Waals surface area contributed by atoms with E-state index in [0.29, 0.717) is 6.42 Å². The number of rotatable bonds is 17. The number of hydrogen-bond donors (Lipinski definition) is 3. The van der Waals surface area contributed by atoms with Gasteiger partial charge in [0.25, 0.3) is 0 Å². The highest BCUT2D eigenvalue weighted by Crippen LogP contribution is 2.55. The Labute approximate surface area is 344 Å². The maximum Gasteiger partial charge on any atom is 0.478 e. The SMILES string of the molecule is COc1cc(C(=O)OCOP(=O)(OC(C)(C)C)OC(C)(C)C)ccc1NC(=O)C(NCCC(C)(C)C)C(c1cccc(Cl)c1F)C(C(C)=N)c1ccc(Cl)cc1F. The van der Waals surface area contributed by atoms with E-state index >= 15 is 8.78 Å². The average Bonchev–Trinajstić information content (AvgIpc) is 3.05. The molecule has 0 bridgehead atoms. The molecule has 314 valence electrons. The molecule has 3 atom stereocenters. The summed E-state index contributed by atoms with van der Waals surface area (Å²) in [7, 11) is -2.85. The minimum Gasteiger partial charge on any atom is -0.495 e. The molecular formula is C41H54Cl2F2N3O8P. The summed E-state index contributed by atoms with van der Waals surface area (Å²) in [5, 5.41) is 14.8. The Balaban J connectivity index is 2.03. The van der Waals surface area contributed by atoms with Crippen molar-refractivity contribution in [2.75, 3.05) is 25.8 Å². The predicted octanol–water partition coefficient (Wildman–Crippen LogP) is 11.1. The molecule has 1 amide bonds. The molecule has 3 aromatic rings. The molecule has 16 heteroatoms. The predicted molar refractivity (Wildman–Crippen MR) is 220 cm³/mol. The average molecular weight is 857 g/mol. The molecule has 3 aromatic carbocycles. The van der Waals surface area contributed by atoms with Gasteiger partial charge in [-0.2, -0.15) is 0 Å². The highest BCUT2D eigenvalue weighted by molar-refractivity contribution is 7.48. The van der Waals surface area contributed by atoms with Gasteiger partial charge in [0, 0.05) is 22.6 Å². The maximum absolute atomic E-state index is 16.1. The number of carbonyl (C=O) groups excluding carboxylic acids is 2. The highest BCUT2D eigenvalue weighted by Gasteiger charge is 2.41. The van der Waals surface area contributed by atoms with Crippen LogP contribution in [0.1, 0.15) is 109 Å². The Morgan fingerprint density at radius 2 is 1.53 bits per heavy atom. The summed E-state index contributed by atoms with van der Waals surface area (Å²) >= 11 is 12.4. The number of phosphoric acid groups is 1. The minimum absolute atomic E-state index is 0.00630. The number of phosphoric ester groups is 1. The van der Waals surface area contributed by atoms with E-state index in [2.05, 4.69) is 10.6 Å². The highest BCUT2D eigenvalue weighted by atomic mass is 35.5. The van der Waals surface area contributed by atoms with Gasteiger partial charge >= 0.3 is 13.8 Å². The van der Waals surface area contributed by atoms with E-state index in [1.165, 1.54) is 62.6 Å². The first kappa shape index (κ1) is 48.0. The standard InChI is InChI=1S/C41H54Cl2F2N3O8P/c1-24(46)33(27-17-16-26(42)22-30(27)44)34(28-13-12-14-29(43)35(28)45)36(47-20-19-39(2,3)4)37(49)48-31-18-15-25(21-32(31)52-11)38(50)53-23-54-57(51,55-40(5,6)7)56-41(8,9)10/h12-18,21-22,33-34,36,46-47H,19-20,23H2,1-11H3,(H,48,49). The van der Waals surface area contributed by atoms with E-state index in [1.54, 1.807) is 41.5 Å². The summed E-state index contributed by atoms with van der Waals surface area (Å²) in [6.07, 6.45) is 0.592. The molecule has 0 aliphatic heterocycles. The van der Waals surface area contributed by atoms with Crippen LogP contribution < -0.4 is 15.4 Å². The van der Waals surface area contributed by atoms with Crippen LogP contribution in [-0.4, -0.2) is 55.3 Å². The number of hydrogen-bond acceptors (Lipinski definition) is 10. The second-order valence-corrected chi connectivity index (χ2v) is 19.0. The Bertz CT molecular complexity index is 1940. The molecule has 0 aliphatic rings. The van der Waals surface area contributed by atoms with Crippen molar-refractivity contribution in [2.24, 2.45) is 5.41 Å². The van der Waals surface area contributed by atoms with E-state index < -0.39 is 67.2 Å². The lowest BCUT2D eigenvalue weighted by Gasteiger charge is -2.35. The fourth-order valence-electron chi connectivity index (χ4n) is 5.87. The first-order valence-corrected chi connectivity index (χ1v) is 20.5. The first-order valence-electron chi connectivity index (χ1n) is 18.2. The number of nitrogens with one attached hydrogen (secondary N) is 3. The van der Waals surface area contributed by atoms with Crippen molar-refractivity contribution in [3.05, 3.63) is 93.0 Å². The minimum atomic E-state index is -4.18. The van der Waals surface area contributed by atoms with Crippen LogP contribution in [0.25, 0.3) is 0 Å². The molecule has 0 heterocycles. The van der Waals surface area contributed by atoms with Gasteiger partial charge in [-0.15, -0.1) is 0 Å². The maximum atomic E-state index is 16.1. The smallest absolute Gasteiger partial charge is 0.478 e. The lowest BCUT2D eigenvalue weighted by atomic mass is 9.74. The zero-order valence-electron chi connectivity index (χ0n) is 34.3. The van der Waals surface area contributed by atoms with E-state index in [-0.39, 0.29) is 55.8 Å². The van der Waals surface area contributed by atoms with Crippen LogP contribution in [0, 0.1) is 22.5 Å². The normalized spacial score (nSPS) is 14.1. The summed E-state index contributed by atoms with van der Waals surface area (Å²) < 4.78 is 72.3. The van der Waals surface area contributed by atoms with Crippen LogP contribution in [0.15, 0.2) is 54.6 Å². The molecule has 0 saturated heterocycles. The van der Waals surface area contributed by atoms with Gasteiger partial charge in [0.2, 0.25) is 12.7 Å². The lowest BCUT2D eigenvalue weighted by Crippen LogP contribution is -2.48. The summed E-state index contributed by atoms with van der Waals surface area (Å²) in [6.45, 7) is 17.0. The van der Waals surface area contributed by atoms with Crippen LogP contribution in [0.5, 0.6) is 5.75 Å². The zero-order valence-corrected chi connectivity index (χ0v) is 36.7. The van der Waals surface area contributed by atoms with E-state index in [4.69, 9.17) is 51.7 Å². The van der Waals surface area contributed by atoms with Crippen molar-refractivity contribution in [1.29, 1.82) is 5.41 Å². The molecule has 3 unspecified atom stereocenters. The summed E-state index contributed by atoms with van der Waals surface area (Å²) in [5.74, 6) is -5.43. The van der Waals surface area contributed by atoms with E-state index in [0.717, 1.165) is 6.07 Å². The Hall–Kier alpha value is -3.42. The Morgan fingerprint density at radius 1 is 0.895 bits per heavy atom. The van der Waals surface area contributed by atoms with Crippen molar-refractivity contribution in [3.63, 3.8) is 0 Å². The van der Waals surface area contributed by atoms with Gasteiger partial charge in [-0.25, -0.2) is 22.7 Å². The molecule has 0 fully saturated rings. The van der Waals surface area contributed by atoms with Gasteiger partial charge in [-0.3, -0.25) is 13.8 Å². The Morgan fingerprint density at radius 3 is 2.07 bits per heavy atom. The monoisotopic (exact) mass is 855 g/mol. The quantitative estimate of drug-likeness (QED) is 0.0523. The molecule has 0 aromatic heterocycles. The van der Waals surface area contributed by atoms with Crippen molar-refractivity contribution in [1.82, 2.24) is 5.32 Å². The molecule has 0 aliphatic carbocycles. The van der Waals surface area contributed by atoms with Gasteiger partial charge in [-0.05, 0) is 114 Å². The second kappa shape index (κ2) is 19.6. The fraction of sp³-hybridized carbons (Fsp3) is 0.488. The number of esters is 1. The zero-order chi connectivity index (χ0) is 43.1. The third kappa shape index (κ3) is 14.4. The molecule has 11 nitrogen and oxygen atoms in total. The number of carbonyl (C=O) groups is 2. The molecule has 0 spiro atoms. The number of halogens is 4. The number of ether oxygens (including phenoxy) is 2. The van der Waals surface area contributed by atoms with Crippen LogP contribution in [-0.2, 0) is 27.7 Å². The van der Waals surface area contributed by atoms with Crippen molar-refractivity contribution < 1.29 is 46.0 Å². The molecule has 3 rings (SSSR count). The van der Waals surface area contributed by atoms with Gasteiger partial charge < -0.3 is 25.5 Å². The van der Waals surface area contributed by atoms with Crippen LogP contribution in [0.4, 0.5) is 14.5 Å². The van der Waals surface area contributed by atoms with Crippen LogP contribution in [0.3, 0.4) is 0 Å². The topological polar surface area (TPSA) is 145 Å². The summed E-state index contributed by atoms with van der Waals surface area (Å²) in [6, 6.07) is 11.1. The number of amides is 1. The third-order valence-corrected chi connectivity index (χ3v) is 10.7. The molecular weight excluding hydrogens is 802 g/mol. The number of benzene rings is 3. The first-order chi connectivity index (χ1) is 26.2. The van der Waals surface area contributed by atoms with Crippen molar-refractivity contribution >= 4 is 54.3 Å². The van der Waals surface area contributed by atoms with Gasteiger partial charge in [0.1, 0.15) is 17.4 Å². The van der Waals surface area contributed by atoms with Gasteiger partial charge in [0.05, 0.1) is 40.6 Å². The van der Waals surface area contributed by atoms with Gasteiger partial charge in [0.15, 0.2) is 0 Å². The van der Waals surface area contributed by atoms with E-state index in [9.17, 15) is 14.2 Å². The molecule has 57 heavy (non-hydrogen) atoms. The van der Waals surface area contributed by atoms with Crippen molar-refractivity contribution in [2.45, 2.75) is 105 Å².